The summed E-state index contributed by atoms with van der Waals surface area (Å²) in [5.41, 5.74) is 0.851. The van der Waals surface area contributed by atoms with E-state index in [0.29, 0.717) is 5.69 Å². The van der Waals surface area contributed by atoms with Gasteiger partial charge in [0, 0.05) is 13.1 Å². The maximum Gasteiger partial charge on any atom is 0.276 e. The summed E-state index contributed by atoms with van der Waals surface area (Å²) < 4.78 is 14.6. The molecule has 1 aliphatic heterocycles. The standard InChI is InChI=1S/C14H14ClFN4O/c15-11-8-10(4-5-12(11)16)20-9-13(17-18-20)14(21)19-6-2-1-3-7-19/h4-5,8-9H,1-3,6-7H2. The molecule has 0 spiro atoms. The second-order valence-corrected chi connectivity index (χ2v) is 5.41. The first-order chi connectivity index (χ1) is 10.1. The van der Waals surface area contributed by atoms with Crippen molar-refractivity contribution in [1.82, 2.24) is 19.9 Å². The Morgan fingerprint density at radius 2 is 2.00 bits per heavy atom. The van der Waals surface area contributed by atoms with Crippen molar-refractivity contribution in [2.45, 2.75) is 19.3 Å². The number of carbonyl (C=O) groups excluding carboxylic acids is 1. The predicted molar refractivity (Wildman–Crippen MR) is 76.1 cm³/mol. The van der Waals surface area contributed by atoms with Crippen LogP contribution in [-0.2, 0) is 0 Å². The third-order valence-corrected chi connectivity index (χ3v) is 3.81. The van der Waals surface area contributed by atoms with Crippen molar-refractivity contribution < 1.29 is 9.18 Å². The van der Waals surface area contributed by atoms with Gasteiger partial charge < -0.3 is 4.90 Å². The van der Waals surface area contributed by atoms with Crippen molar-refractivity contribution in [3.63, 3.8) is 0 Å². The zero-order valence-corrected chi connectivity index (χ0v) is 12.1. The van der Waals surface area contributed by atoms with Gasteiger partial charge in [0.05, 0.1) is 16.9 Å². The first-order valence-electron chi connectivity index (χ1n) is 6.82. The number of likely N-dealkylation sites (tertiary alicyclic amines) is 1. The third-order valence-electron chi connectivity index (χ3n) is 3.52. The second-order valence-electron chi connectivity index (χ2n) is 5.00. The molecule has 1 aliphatic rings. The van der Waals surface area contributed by atoms with E-state index in [4.69, 9.17) is 11.6 Å². The van der Waals surface area contributed by atoms with Gasteiger partial charge in [-0.05, 0) is 37.5 Å². The van der Waals surface area contributed by atoms with Gasteiger partial charge in [-0.15, -0.1) is 5.10 Å². The molecule has 1 aromatic carbocycles. The van der Waals surface area contributed by atoms with Gasteiger partial charge in [-0.3, -0.25) is 4.79 Å². The fourth-order valence-electron chi connectivity index (χ4n) is 2.37. The van der Waals surface area contributed by atoms with Crippen LogP contribution >= 0.6 is 11.6 Å². The van der Waals surface area contributed by atoms with Crippen LogP contribution in [0.25, 0.3) is 5.69 Å². The van der Waals surface area contributed by atoms with E-state index in [2.05, 4.69) is 10.3 Å². The molecule has 0 N–H and O–H groups in total. The average molecular weight is 309 g/mol. The number of benzene rings is 1. The molecule has 2 heterocycles. The van der Waals surface area contributed by atoms with Gasteiger partial charge in [0.2, 0.25) is 0 Å². The number of nitrogens with zero attached hydrogens (tertiary/aromatic N) is 4. The molecule has 2 aromatic rings. The van der Waals surface area contributed by atoms with E-state index in [-0.39, 0.29) is 16.6 Å². The first kappa shape index (κ1) is 14.0. The molecule has 0 bridgehead atoms. The zero-order valence-electron chi connectivity index (χ0n) is 11.3. The van der Waals surface area contributed by atoms with Gasteiger partial charge in [-0.1, -0.05) is 16.8 Å². The average Bonchev–Trinajstić information content (AvgIpc) is 3.00. The highest BCUT2D eigenvalue weighted by Crippen LogP contribution is 2.19. The molecule has 0 aliphatic carbocycles. The summed E-state index contributed by atoms with van der Waals surface area (Å²) in [4.78, 5) is 14.1. The van der Waals surface area contributed by atoms with Crippen molar-refractivity contribution in [3.8, 4) is 5.69 Å². The summed E-state index contributed by atoms with van der Waals surface area (Å²) >= 11 is 5.74. The number of amides is 1. The summed E-state index contributed by atoms with van der Waals surface area (Å²) in [5.74, 6) is -0.612. The lowest BCUT2D eigenvalue weighted by molar-refractivity contribution is 0.0718. The Morgan fingerprint density at radius 1 is 1.24 bits per heavy atom. The number of carbonyl (C=O) groups is 1. The van der Waals surface area contributed by atoms with Crippen molar-refractivity contribution in [2.75, 3.05) is 13.1 Å². The fourth-order valence-corrected chi connectivity index (χ4v) is 2.55. The molecule has 0 unspecified atom stereocenters. The summed E-state index contributed by atoms with van der Waals surface area (Å²) in [6.45, 7) is 1.52. The molecule has 0 radical (unpaired) electrons. The van der Waals surface area contributed by atoms with Gasteiger partial charge >= 0.3 is 0 Å². The van der Waals surface area contributed by atoms with Crippen LogP contribution in [0.3, 0.4) is 0 Å². The number of hydrogen-bond donors (Lipinski definition) is 0. The van der Waals surface area contributed by atoms with Crippen LogP contribution in [-0.4, -0.2) is 38.9 Å². The molecular weight excluding hydrogens is 295 g/mol. The number of hydrogen-bond acceptors (Lipinski definition) is 3. The molecule has 3 rings (SSSR count). The molecule has 1 saturated heterocycles. The number of rotatable bonds is 2. The maximum absolute atomic E-state index is 13.2. The molecule has 21 heavy (non-hydrogen) atoms. The molecule has 5 nitrogen and oxygen atoms in total. The van der Waals surface area contributed by atoms with Crippen LogP contribution in [0.5, 0.6) is 0 Å². The Balaban J connectivity index is 1.82. The number of piperidine rings is 1. The minimum absolute atomic E-state index is 0.00640. The van der Waals surface area contributed by atoms with E-state index in [0.717, 1.165) is 32.4 Å². The largest absolute Gasteiger partial charge is 0.337 e. The number of aromatic nitrogens is 3. The monoisotopic (exact) mass is 308 g/mol. The van der Waals surface area contributed by atoms with Gasteiger partial charge in [0.15, 0.2) is 5.69 Å². The minimum Gasteiger partial charge on any atom is -0.337 e. The molecule has 110 valence electrons. The number of halogens is 2. The molecule has 0 atom stereocenters. The Kier molecular flexibility index (Phi) is 3.88. The summed E-state index contributed by atoms with van der Waals surface area (Å²) in [7, 11) is 0. The molecule has 0 saturated carbocycles. The van der Waals surface area contributed by atoms with Gasteiger partial charge in [0.1, 0.15) is 5.82 Å². The normalized spacial score (nSPS) is 15.2. The summed E-state index contributed by atoms with van der Waals surface area (Å²) in [6, 6.07) is 4.23. The highest BCUT2D eigenvalue weighted by Gasteiger charge is 2.21. The van der Waals surface area contributed by atoms with E-state index in [1.165, 1.54) is 22.9 Å². The molecule has 1 aromatic heterocycles. The van der Waals surface area contributed by atoms with Crippen molar-refractivity contribution in [3.05, 3.63) is 40.9 Å². The van der Waals surface area contributed by atoms with Crippen LogP contribution in [0, 0.1) is 5.82 Å². The van der Waals surface area contributed by atoms with E-state index in [9.17, 15) is 9.18 Å². The van der Waals surface area contributed by atoms with Crippen LogP contribution in [0.4, 0.5) is 4.39 Å². The van der Waals surface area contributed by atoms with Crippen LogP contribution < -0.4 is 0 Å². The first-order valence-corrected chi connectivity index (χ1v) is 7.20. The highest BCUT2D eigenvalue weighted by molar-refractivity contribution is 6.30. The Morgan fingerprint density at radius 3 is 2.71 bits per heavy atom. The lowest BCUT2D eigenvalue weighted by Gasteiger charge is -2.25. The van der Waals surface area contributed by atoms with Crippen LogP contribution in [0.15, 0.2) is 24.4 Å². The quantitative estimate of drug-likeness (QED) is 0.857. The Bertz CT molecular complexity index is 667. The van der Waals surface area contributed by atoms with Crippen molar-refractivity contribution in [2.24, 2.45) is 0 Å². The summed E-state index contributed by atoms with van der Waals surface area (Å²) in [5, 5.41) is 7.82. The fraction of sp³-hybridized carbons (Fsp3) is 0.357. The second kappa shape index (κ2) is 5.81. The van der Waals surface area contributed by atoms with Crippen molar-refractivity contribution >= 4 is 17.5 Å². The predicted octanol–water partition coefficient (Wildman–Crippen LogP) is 2.69. The van der Waals surface area contributed by atoms with Crippen LogP contribution in [0.1, 0.15) is 29.8 Å². The van der Waals surface area contributed by atoms with E-state index in [1.54, 1.807) is 11.1 Å². The molecule has 1 amide bonds. The van der Waals surface area contributed by atoms with Gasteiger partial charge in [-0.25, -0.2) is 9.07 Å². The molecular formula is C14H14ClFN4O. The van der Waals surface area contributed by atoms with E-state index >= 15 is 0 Å². The SMILES string of the molecule is O=C(c1cn(-c2ccc(F)c(Cl)c2)nn1)N1CCCCC1. The van der Waals surface area contributed by atoms with Gasteiger partial charge in [0.25, 0.3) is 5.91 Å². The Labute approximate surface area is 126 Å². The Hall–Kier alpha value is -1.95. The molecule has 7 heteroatoms. The third kappa shape index (κ3) is 2.90. The van der Waals surface area contributed by atoms with E-state index in [1.807, 2.05) is 0 Å². The smallest absolute Gasteiger partial charge is 0.276 e. The zero-order chi connectivity index (χ0) is 14.8. The highest BCUT2D eigenvalue weighted by atomic mass is 35.5. The topological polar surface area (TPSA) is 51.0 Å². The maximum atomic E-state index is 13.2. The van der Waals surface area contributed by atoms with Crippen LogP contribution in [0.2, 0.25) is 5.02 Å². The van der Waals surface area contributed by atoms with E-state index < -0.39 is 5.82 Å². The van der Waals surface area contributed by atoms with Crippen molar-refractivity contribution in [1.29, 1.82) is 0 Å². The lowest BCUT2D eigenvalue weighted by Crippen LogP contribution is -2.35. The summed E-state index contributed by atoms with van der Waals surface area (Å²) in [6.07, 6.45) is 4.74. The minimum atomic E-state index is -0.495. The molecule has 1 fully saturated rings. The lowest BCUT2D eigenvalue weighted by atomic mass is 10.1. The van der Waals surface area contributed by atoms with Gasteiger partial charge in [-0.2, -0.15) is 0 Å².